The Labute approximate surface area is 125 Å². The van der Waals surface area contributed by atoms with Gasteiger partial charge in [-0.15, -0.1) is 0 Å². The third-order valence-electron chi connectivity index (χ3n) is 4.27. The maximum atomic E-state index is 11.8. The van der Waals surface area contributed by atoms with Crippen LogP contribution < -0.4 is 10.2 Å². The minimum absolute atomic E-state index is 0.0456. The Morgan fingerprint density at radius 2 is 1.86 bits per heavy atom. The van der Waals surface area contributed by atoms with Crippen LogP contribution in [0, 0.1) is 0 Å². The summed E-state index contributed by atoms with van der Waals surface area (Å²) in [6.07, 6.45) is 0. The number of sulfone groups is 1. The van der Waals surface area contributed by atoms with E-state index in [4.69, 9.17) is 0 Å². The molecule has 21 heavy (non-hydrogen) atoms. The molecule has 0 bridgehead atoms. The van der Waals surface area contributed by atoms with Crippen molar-refractivity contribution < 1.29 is 13.2 Å². The Morgan fingerprint density at radius 3 is 2.48 bits per heavy atom. The number of benzene rings is 1. The highest BCUT2D eigenvalue weighted by Gasteiger charge is 2.45. The van der Waals surface area contributed by atoms with Crippen molar-refractivity contribution in [1.82, 2.24) is 5.32 Å². The van der Waals surface area contributed by atoms with Crippen LogP contribution in [-0.4, -0.2) is 44.5 Å². The van der Waals surface area contributed by atoms with Crippen LogP contribution >= 0.6 is 0 Å². The average Bonchev–Trinajstić information content (AvgIpc) is 2.71. The number of rotatable bonds is 2. The predicted molar refractivity (Wildman–Crippen MR) is 82.2 cm³/mol. The zero-order valence-electron chi connectivity index (χ0n) is 12.2. The quantitative estimate of drug-likeness (QED) is 0.882. The molecular weight excluding hydrogens is 288 g/mol. The maximum Gasteiger partial charge on any atom is 0.239 e. The number of carbonyl (C=O) groups excluding carboxylic acids is 1. The van der Waals surface area contributed by atoms with Gasteiger partial charge in [-0.25, -0.2) is 8.42 Å². The van der Waals surface area contributed by atoms with E-state index in [9.17, 15) is 13.2 Å². The summed E-state index contributed by atoms with van der Waals surface area (Å²) in [7, 11) is -3.07. The molecule has 114 valence electrons. The molecule has 0 unspecified atom stereocenters. The molecule has 0 aliphatic carbocycles. The monoisotopic (exact) mass is 308 g/mol. The van der Waals surface area contributed by atoms with Crippen LogP contribution in [0.15, 0.2) is 24.3 Å². The molecule has 6 heteroatoms. The standard InChI is InChI=1S/C15H20N2O3S/c1-10(2)11-3-5-12(6-4-11)17-7-15(18)16-13-8-21(19,20)9-14(13)17/h3-6,10,13-14H,7-9H2,1-2H3,(H,16,18)/t13-,14-/m0/s1. The summed E-state index contributed by atoms with van der Waals surface area (Å²) in [5, 5.41) is 2.80. The van der Waals surface area contributed by atoms with Crippen LogP contribution in [0.25, 0.3) is 0 Å². The van der Waals surface area contributed by atoms with Crippen LogP contribution in [0.2, 0.25) is 0 Å². The Bertz CT molecular complexity index is 652. The van der Waals surface area contributed by atoms with Gasteiger partial charge in [-0.1, -0.05) is 26.0 Å². The molecule has 2 aliphatic heterocycles. The zero-order chi connectivity index (χ0) is 15.2. The Hall–Kier alpha value is -1.56. The highest BCUT2D eigenvalue weighted by atomic mass is 32.2. The lowest BCUT2D eigenvalue weighted by atomic mass is 10.0. The van der Waals surface area contributed by atoms with E-state index in [1.807, 2.05) is 29.2 Å². The number of anilines is 1. The van der Waals surface area contributed by atoms with Gasteiger partial charge in [-0.3, -0.25) is 4.79 Å². The summed E-state index contributed by atoms with van der Waals surface area (Å²) in [5.74, 6) is 0.498. The lowest BCUT2D eigenvalue weighted by Gasteiger charge is -2.38. The van der Waals surface area contributed by atoms with E-state index in [0.29, 0.717) is 5.92 Å². The Kier molecular flexibility index (Phi) is 3.43. The molecule has 0 saturated carbocycles. The number of hydrogen-bond donors (Lipinski definition) is 1. The molecular formula is C15H20N2O3S. The molecule has 2 aliphatic rings. The first-order valence-electron chi connectivity index (χ1n) is 7.22. The molecule has 0 radical (unpaired) electrons. The van der Waals surface area contributed by atoms with Gasteiger partial charge in [0.1, 0.15) is 0 Å². The zero-order valence-corrected chi connectivity index (χ0v) is 13.1. The lowest BCUT2D eigenvalue weighted by Crippen LogP contribution is -2.60. The first-order valence-corrected chi connectivity index (χ1v) is 9.04. The van der Waals surface area contributed by atoms with Crippen molar-refractivity contribution in [3.8, 4) is 0 Å². The summed E-state index contributed by atoms with van der Waals surface area (Å²) >= 11 is 0. The van der Waals surface area contributed by atoms with Gasteiger partial charge >= 0.3 is 0 Å². The largest absolute Gasteiger partial charge is 0.356 e. The normalized spacial score (nSPS) is 27.6. The van der Waals surface area contributed by atoms with E-state index in [1.165, 1.54) is 5.56 Å². The molecule has 2 fully saturated rings. The minimum Gasteiger partial charge on any atom is -0.356 e. The molecule has 3 rings (SSSR count). The molecule has 2 atom stereocenters. The molecule has 0 spiro atoms. The van der Waals surface area contributed by atoms with Crippen molar-refractivity contribution in [3.63, 3.8) is 0 Å². The van der Waals surface area contributed by atoms with E-state index in [0.717, 1.165) is 5.69 Å². The van der Waals surface area contributed by atoms with Crippen molar-refractivity contribution in [2.45, 2.75) is 31.8 Å². The summed E-state index contributed by atoms with van der Waals surface area (Å²) in [6, 6.07) is 7.61. The van der Waals surface area contributed by atoms with Crippen molar-refractivity contribution in [3.05, 3.63) is 29.8 Å². The molecule has 5 nitrogen and oxygen atoms in total. The fourth-order valence-electron chi connectivity index (χ4n) is 3.13. The molecule has 2 saturated heterocycles. The Balaban J connectivity index is 1.90. The summed E-state index contributed by atoms with van der Waals surface area (Å²) < 4.78 is 23.7. The molecule has 1 N–H and O–H groups in total. The van der Waals surface area contributed by atoms with Gasteiger partial charge in [0.2, 0.25) is 5.91 Å². The second kappa shape index (κ2) is 5.02. The number of piperazine rings is 1. The first kappa shape index (κ1) is 14.4. The average molecular weight is 308 g/mol. The third-order valence-corrected chi connectivity index (χ3v) is 5.99. The number of amides is 1. The second-order valence-corrected chi connectivity index (χ2v) is 8.35. The van der Waals surface area contributed by atoms with E-state index in [-0.39, 0.29) is 36.0 Å². The summed E-state index contributed by atoms with van der Waals surface area (Å²) in [4.78, 5) is 13.8. The molecule has 0 aromatic heterocycles. The number of hydrogen-bond acceptors (Lipinski definition) is 4. The van der Waals surface area contributed by atoms with E-state index in [1.54, 1.807) is 0 Å². The van der Waals surface area contributed by atoms with Gasteiger partial charge in [-0.2, -0.15) is 0 Å². The molecule has 1 aromatic carbocycles. The van der Waals surface area contributed by atoms with Crippen molar-refractivity contribution in [2.24, 2.45) is 0 Å². The van der Waals surface area contributed by atoms with Crippen LogP contribution in [0.4, 0.5) is 5.69 Å². The second-order valence-electron chi connectivity index (χ2n) is 6.19. The van der Waals surface area contributed by atoms with Crippen molar-refractivity contribution in [2.75, 3.05) is 23.0 Å². The fraction of sp³-hybridized carbons (Fsp3) is 0.533. The first-order chi connectivity index (χ1) is 9.85. The molecule has 1 aromatic rings. The van der Waals surface area contributed by atoms with Crippen molar-refractivity contribution >= 4 is 21.4 Å². The topological polar surface area (TPSA) is 66.5 Å². The lowest BCUT2D eigenvalue weighted by molar-refractivity contribution is -0.121. The van der Waals surface area contributed by atoms with Crippen LogP contribution in [0.5, 0.6) is 0 Å². The van der Waals surface area contributed by atoms with Crippen LogP contribution in [0.1, 0.15) is 25.3 Å². The maximum absolute atomic E-state index is 11.8. The SMILES string of the molecule is CC(C)c1ccc(N2CC(=O)N[C@H]3CS(=O)(=O)C[C@@H]32)cc1. The number of nitrogens with one attached hydrogen (secondary N) is 1. The highest BCUT2D eigenvalue weighted by molar-refractivity contribution is 7.91. The predicted octanol–water partition coefficient (Wildman–Crippen LogP) is 0.912. The number of carbonyl (C=O) groups is 1. The van der Waals surface area contributed by atoms with Gasteiger partial charge in [0.05, 0.1) is 30.1 Å². The summed E-state index contributed by atoms with van der Waals surface area (Å²) in [6.45, 7) is 4.48. The smallest absolute Gasteiger partial charge is 0.239 e. The Morgan fingerprint density at radius 1 is 1.19 bits per heavy atom. The fourth-order valence-corrected chi connectivity index (χ4v) is 5.05. The van der Waals surface area contributed by atoms with E-state index in [2.05, 4.69) is 19.2 Å². The van der Waals surface area contributed by atoms with Crippen LogP contribution in [0.3, 0.4) is 0 Å². The summed E-state index contributed by atoms with van der Waals surface area (Å²) in [5.41, 5.74) is 2.15. The van der Waals surface area contributed by atoms with E-state index >= 15 is 0 Å². The van der Waals surface area contributed by atoms with Crippen molar-refractivity contribution in [1.29, 1.82) is 0 Å². The van der Waals surface area contributed by atoms with Gasteiger partial charge < -0.3 is 10.2 Å². The van der Waals surface area contributed by atoms with Crippen LogP contribution in [-0.2, 0) is 14.6 Å². The van der Waals surface area contributed by atoms with Gasteiger partial charge in [-0.05, 0) is 23.6 Å². The van der Waals surface area contributed by atoms with Gasteiger partial charge in [0.25, 0.3) is 0 Å². The third kappa shape index (κ3) is 2.77. The van der Waals surface area contributed by atoms with Gasteiger partial charge in [0, 0.05) is 5.69 Å². The minimum atomic E-state index is -3.07. The van der Waals surface area contributed by atoms with Gasteiger partial charge in [0.15, 0.2) is 9.84 Å². The van der Waals surface area contributed by atoms with E-state index < -0.39 is 9.84 Å². The molecule has 1 amide bonds. The number of fused-ring (bicyclic) bond motifs is 1. The highest BCUT2D eigenvalue weighted by Crippen LogP contribution is 2.28. The number of nitrogens with zero attached hydrogens (tertiary/aromatic N) is 1. The molecule has 2 heterocycles.